The smallest absolute Gasteiger partial charge is 0.335 e. The fourth-order valence-corrected chi connectivity index (χ4v) is 7.18. The lowest BCUT2D eigenvalue weighted by Crippen LogP contribution is -2.32. The van der Waals surface area contributed by atoms with Crippen molar-refractivity contribution in [1.82, 2.24) is 0 Å². The van der Waals surface area contributed by atoms with Gasteiger partial charge in [-0.25, -0.2) is 4.79 Å². The van der Waals surface area contributed by atoms with E-state index in [9.17, 15) is 4.79 Å². The van der Waals surface area contributed by atoms with Gasteiger partial charge in [0.15, 0.2) is 6.79 Å². The van der Waals surface area contributed by atoms with Crippen LogP contribution in [0.15, 0.2) is 53.7 Å². The summed E-state index contributed by atoms with van der Waals surface area (Å²) in [5.74, 6) is 2.71. The van der Waals surface area contributed by atoms with Crippen LogP contribution < -0.4 is 4.74 Å². The van der Waals surface area contributed by atoms with E-state index in [1.165, 1.54) is 48.8 Å². The lowest BCUT2D eigenvalue weighted by atomic mass is 9.65. The van der Waals surface area contributed by atoms with Gasteiger partial charge in [0.2, 0.25) is 0 Å². The standard InChI is InChI=1S/C29H31NO4/c1-2-33-17-34-27-8-7-21(11-25(27)29-13-18-9-22(14-29)23(10-18)15-29)24-12-26(30-16-24)19-3-5-20(6-4-19)28(31)32/h3-8,11,16,18,22-23H,2,9-10,12-15,17H2,1H3,(H,31,32). The molecule has 5 aliphatic rings. The SMILES string of the molecule is CCOCOc1ccc(C2=CN=C(c3ccc(C(=O)O)cc3)C2)cc1C12CC3CC(C1)C(C3)C2. The van der Waals surface area contributed by atoms with Gasteiger partial charge in [0.05, 0.1) is 11.3 Å². The molecule has 7 rings (SSSR count). The molecule has 5 nitrogen and oxygen atoms in total. The second kappa shape index (κ2) is 8.38. The van der Waals surface area contributed by atoms with Crippen molar-refractivity contribution in [3.8, 4) is 5.75 Å². The number of carboxylic acid groups (broad SMARTS) is 1. The van der Waals surface area contributed by atoms with E-state index in [0.717, 1.165) is 41.2 Å². The molecule has 2 aromatic rings. The van der Waals surface area contributed by atoms with E-state index in [1.807, 2.05) is 25.3 Å². The monoisotopic (exact) mass is 457 g/mol. The Bertz CT molecular complexity index is 1160. The summed E-state index contributed by atoms with van der Waals surface area (Å²) in [7, 11) is 0. The van der Waals surface area contributed by atoms with E-state index in [2.05, 4.69) is 23.2 Å². The Hall–Kier alpha value is -2.92. The number of carboxylic acids is 1. The number of carbonyl (C=O) groups is 1. The molecule has 2 unspecified atom stereocenters. The van der Waals surface area contributed by atoms with Gasteiger partial charge in [0.25, 0.3) is 0 Å². The van der Waals surface area contributed by atoms with Gasteiger partial charge in [-0.1, -0.05) is 18.2 Å². The Labute approximate surface area is 200 Å². The van der Waals surface area contributed by atoms with E-state index >= 15 is 0 Å². The predicted molar refractivity (Wildman–Crippen MR) is 131 cm³/mol. The van der Waals surface area contributed by atoms with E-state index in [-0.39, 0.29) is 12.2 Å². The van der Waals surface area contributed by atoms with Gasteiger partial charge in [-0.3, -0.25) is 4.99 Å². The number of nitrogens with zero attached hydrogens (tertiary/aromatic N) is 1. The van der Waals surface area contributed by atoms with Gasteiger partial charge >= 0.3 is 5.97 Å². The number of rotatable bonds is 8. The molecule has 4 bridgehead atoms. The maximum absolute atomic E-state index is 11.2. The van der Waals surface area contributed by atoms with Crippen molar-refractivity contribution in [2.24, 2.45) is 22.7 Å². The van der Waals surface area contributed by atoms with Gasteiger partial charge in [-0.15, -0.1) is 0 Å². The van der Waals surface area contributed by atoms with E-state index in [1.54, 1.807) is 12.1 Å². The average molecular weight is 458 g/mol. The Balaban J connectivity index is 1.27. The molecule has 0 radical (unpaired) electrons. The summed E-state index contributed by atoms with van der Waals surface area (Å²) in [6.07, 6.45) is 9.41. The quantitative estimate of drug-likeness (QED) is 0.386. The van der Waals surface area contributed by atoms with Crippen molar-refractivity contribution in [3.63, 3.8) is 0 Å². The Morgan fingerprint density at radius 1 is 1.06 bits per heavy atom. The Morgan fingerprint density at radius 2 is 1.79 bits per heavy atom. The van der Waals surface area contributed by atoms with Crippen LogP contribution in [0.1, 0.15) is 72.5 Å². The average Bonchev–Trinajstić information content (AvgIpc) is 3.51. The summed E-state index contributed by atoms with van der Waals surface area (Å²) in [4.78, 5) is 15.8. The molecule has 2 aromatic carbocycles. The Kier molecular flexibility index (Phi) is 5.33. The molecule has 4 fully saturated rings. The third-order valence-electron chi connectivity index (χ3n) is 8.55. The summed E-state index contributed by atoms with van der Waals surface area (Å²) in [5, 5.41) is 9.16. The summed E-state index contributed by atoms with van der Waals surface area (Å²) in [5.41, 5.74) is 6.24. The number of aliphatic imine (C=N–C) groups is 1. The van der Waals surface area contributed by atoms with E-state index in [0.29, 0.717) is 12.2 Å². The highest BCUT2D eigenvalue weighted by atomic mass is 16.7. The first kappa shape index (κ1) is 21.6. The van der Waals surface area contributed by atoms with Crippen LogP contribution in [0.3, 0.4) is 0 Å². The first-order valence-corrected chi connectivity index (χ1v) is 12.5. The van der Waals surface area contributed by atoms with Crippen LogP contribution >= 0.6 is 0 Å². The van der Waals surface area contributed by atoms with Crippen molar-refractivity contribution in [2.75, 3.05) is 13.4 Å². The third-order valence-corrected chi connectivity index (χ3v) is 8.55. The zero-order valence-corrected chi connectivity index (χ0v) is 19.6. The largest absolute Gasteiger partial charge is 0.478 e. The number of hydrogen-bond donors (Lipinski definition) is 1. The summed E-state index contributed by atoms with van der Waals surface area (Å²) in [6.45, 7) is 2.92. The molecule has 1 N–H and O–H groups in total. The number of ether oxygens (including phenoxy) is 2. The van der Waals surface area contributed by atoms with Crippen molar-refractivity contribution in [3.05, 3.63) is 70.9 Å². The molecule has 0 aromatic heterocycles. The van der Waals surface area contributed by atoms with Crippen molar-refractivity contribution < 1.29 is 19.4 Å². The number of allylic oxidation sites excluding steroid dienone is 1. The van der Waals surface area contributed by atoms with Crippen LogP contribution in [0.2, 0.25) is 0 Å². The number of hydrogen-bond acceptors (Lipinski definition) is 4. The molecule has 0 amide bonds. The lowest BCUT2D eigenvalue weighted by molar-refractivity contribution is 0.0206. The first-order chi connectivity index (χ1) is 16.5. The van der Waals surface area contributed by atoms with E-state index in [4.69, 9.17) is 14.6 Å². The van der Waals surface area contributed by atoms with Crippen LogP contribution in [0, 0.1) is 17.8 Å². The highest BCUT2D eigenvalue weighted by Crippen LogP contribution is 2.65. The normalized spacial score (nSPS) is 28.8. The maximum atomic E-state index is 11.2. The molecule has 0 spiro atoms. The van der Waals surface area contributed by atoms with Crippen LogP contribution in [0.4, 0.5) is 0 Å². The van der Waals surface area contributed by atoms with Gasteiger partial charge in [0.1, 0.15) is 5.75 Å². The molecule has 2 atom stereocenters. The van der Waals surface area contributed by atoms with Crippen molar-refractivity contribution in [2.45, 2.75) is 50.9 Å². The van der Waals surface area contributed by atoms with Gasteiger partial charge in [-0.05, 0) is 103 Å². The molecule has 4 aliphatic carbocycles. The highest BCUT2D eigenvalue weighted by Gasteiger charge is 2.57. The topological polar surface area (TPSA) is 68.1 Å². The van der Waals surface area contributed by atoms with Crippen molar-refractivity contribution in [1.29, 1.82) is 0 Å². The van der Waals surface area contributed by atoms with Gasteiger partial charge in [0, 0.05) is 24.8 Å². The summed E-state index contributed by atoms with van der Waals surface area (Å²) >= 11 is 0. The maximum Gasteiger partial charge on any atom is 0.335 e. The molecule has 1 aliphatic heterocycles. The van der Waals surface area contributed by atoms with Gasteiger partial charge < -0.3 is 14.6 Å². The van der Waals surface area contributed by atoms with Crippen LogP contribution in [0.25, 0.3) is 5.57 Å². The van der Waals surface area contributed by atoms with Crippen LogP contribution in [-0.2, 0) is 10.2 Å². The minimum Gasteiger partial charge on any atom is -0.478 e. The minimum atomic E-state index is -0.910. The highest BCUT2D eigenvalue weighted by molar-refractivity contribution is 6.09. The molecule has 4 saturated carbocycles. The van der Waals surface area contributed by atoms with Crippen molar-refractivity contribution >= 4 is 17.3 Å². The minimum absolute atomic E-state index is 0.240. The second-order valence-electron chi connectivity index (χ2n) is 10.5. The fraction of sp³-hybridized carbons (Fsp3) is 0.448. The van der Waals surface area contributed by atoms with E-state index < -0.39 is 5.97 Å². The predicted octanol–water partition coefficient (Wildman–Crippen LogP) is 6.07. The van der Waals surface area contributed by atoms with Crippen LogP contribution in [0.5, 0.6) is 5.75 Å². The second-order valence-corrected chi connectivity index (χ2v) is 10.5. The Morgan fingerprint density at radius 3 is 2.47 bits per heavy atom. The zero-order valence-electron chi connectivity index (χ0n) is 19.6. The van der Waals surface area contributed by atoms with Gasteiger partial charge in [-0.2, -0.15) is 0 Å². The molecule has 5 heteroatoms. The molecular formula is C29H31NO4. The first-order valence-electron chi connectivity index (χ1n) is 12.5. The lowest BCUT2D eigenvalue weighted by Gasteiger charge is -2.40. The van der Waals surface area contributed by atoms with Crippen LogP contribution in [-0.4, -0.2) is 30.2 Å². The fourth-order valence-electron chi connectivity index (χ4n) is 7.18. The summed E-state index contributed by atoms with van der Waals surface area (Å²) < 4.78 is 11.7. The third kappa shape index (κ3) is 3.67. The number of aromatic carboxylic acids is 1. The molecule has 0 saturated heterocycles. The molecular weight excluding hydrogens is 426 g/mol. The molecule has 34 heavy (non-hydrogen) atoms. The molecule has 1 heterocycles. The zero-order chi connectivity index (χ0) is 23.3. The molecule has 176 valence electrons. The summed E-state index contributed by atoms with van der Waals surface area (Å²) in [6, 6.07) is 13.6. The number of benzene rings is 2.